The van der Waals surface area contributed by atoms with Crippen molar-refractivity contribution in [1.82, 2.24) is 9.88 Å². The number of carboxylic acid groups (broad SMARTS) is 1. The normalized spacial score (nSPS) is 15.4. The molecular weight excluding hydrogens is 480 g/mol. The fourth-order valence-electron chi connectivity index (χ4n) is 5.10. The molecule has 198 valence electrons. The number of aromatic nitrogens is 1. The number of fused-ring (bicyclic) bond motifs is 1. The van der Waals surface area contributed by atoms with E-state index in [1.54, 1.807) is 18.2 Å². The highest BCUT2D eigenvalue weighted by molar-refractivity contribution is 5.98. The summed E-state index contributed by atoms with van der Waals surface area (Å²) in [5.74, 6) is 1.16. The van der Waals surface area contributed by atoms with Crippen molar-refractivity contribution in [3.63, 3.8) is 0 Å². The number of rotatable bonds is 10. The number of carboxylic acids is 1. The van der Waals surface area contributed by atoms with Crippen molar-refractivity contribution in [3.8, 4) is 22.8 Å². The number of aromatic amines is 1. The first-order chi connectivity index (χ1) is 18.5. The average molecular weight is 515 g/mol. The number of aromatic carboxylic acids is 1. The molecule has 38 heavy (non-hydrogen) atoms. The molecule has 1 aliphatic heterocycles. The quantitative estimate of drug-likeness (QED) is 0.263. The van der Waals surface area contributed by atoms with Gasteiger partial charge >= 0.3 is 5.97 Å². The smallest absolute Gasteiger partial charge is 0.336 e. The Bertz CT molecular complexity index is 1390. The number of para-hydroxylation sites is 1. The molecular formula is C31H34N2O5. The van der Waals surface area contributed by atoms with Gasteiger partial charge in [0.2, 0.25) is 0 Å². The molecule has 0 spiro atoms. The topological polar surface area (TPSA) is 95.0 Å². The van der Waals surface area contributed by atoms with E-state index in [4.69, 9.17) is 9.47 Å². The van der Waals surface area contributed by atoms with Crippen molar-refractivity contribution in [3.05, 3.63) is 83.9 Å². The van der Waals surface area contributed by atoms with Crippen LogP contribution in [0.4, 0.5) is 0 Å². The third-order valence-corrected chi connectivity index (χ3v) is 7.25. The number of nitrogens with one attached hydrogen (secondary N) is 1. The lowest BCUT2D eigenvalue weighted by Gasteiger charge is -2.33. The fourth-order valence-corrected chi connectivity index (χ4v) is 5.10. The molecule has 5 rings (SSSR count). The summed E-state index contributed by atoms with van der Waals surface area (Å²) >= 11 is 0. The van der Waals surface area contributed by atoms with Gasteiger partial charge in [0.05, 0.1) is 12.2 Å². The van der Waals surface area contributed by atoms with Crippen molar-refractivity contribution in [2.24, 2.45) is 5.92 Å². The highest BCUT2D eigenvalue weighted by Crippen LogP contribution is 2.32. The summed E-state index contributed by atoms with van der Waals surface area (Å²) < 4.78 is 12.1. The number of hydrogen-bond donors (Lipinski definition) is 3. The lowest BCUT2D eigenvalue weighted by atomic mass is 9.97. The molecule has 0 bridgehead atoms. The summed E-state index contributed by atoms with van der Waals surface area (Å²) in [5, 5.41) is 21.1. The van der Waals surface area contributed by atoms with Gasteiger partial charge in [-0.1, -0.05) is 42.5 Å². The number of aliphatic hydroxyl groups excluding tert-OH is 1. The van der Waals surface area contributed by atoms with Crippen molar-refractivity contribution >= 4 is 16.9 Å². The molecule has 1 fully saturated rings. The number of benzene rings is 3. The molecule has 1 aromatic heterocycles. The second-order valence-corrected chi connectivity index (χ2v) is 10.0. The Labute approximate surface area is 222 Å². The van der Waals surface area contributed by atoms with Crippen LogP contribution in [0.2, 0.25) is 0 Å². The highest BCUT2D eigenvalue weighted by atomic mass is 16.5. The first-order valence-corrected chi connectivity index (χ1v) is 13.1. The van der Waals surface area contributed by atoms with E-state index in [0.29, 0.717) is 29.5 Å². The van der Waals surface area contributed by atoms with Gasteiger partial charge in [-0.3, -0.25) is 0 Å². The number of β-amino-alcohol motifs (C(OH)–C–C–N with tert-alkyl or cyclic N) is 1. The maximum absolute atomic E-state index is 11.7. The minimum atomic E-state index is -0.971. The summed E-state index contributed by atoms with van der Waals surface area (Å²) in [7, 11) is 0. The summed E-state index contributed by atoms with van der Waals surface area (Å²) in [5.41, 5.74) is 3.58. The maximum atomic E-state index is 11.7. The predicted molar refractivity (Wildman–Crippen MR) is 148 cm³/mol. The molecule has 3 aromatic carbocycles. The molecule has 1 saturated heterocycles. The number of ether oxygens (including phenoxy) is 2. The molecule has 2 heterocycles. The van der Waals surface area contributed by atoms with Crippen molar-refractivity contribution in [1.29, 1.82) is 0 Å². The van der Waals surface area contributed by atoms with Crippen LogP contribution < -0.4 is 9.47 Å². The molecule has 1 atom stereocenters. The van der Waals surface area contributed by atoms with Crippen LogP contribution in [-0.2, 0) is 0 Å². The van der Waals surface area contributed by atoms with Gasteiger partial charge in [-0.15, -0.1) is 0 Å². The summed E-state index contributed by atoms with van der Waals surface area (Å²) in [6.07, 6.45) is 1.47. The lowest BCUT2D eigenvalue weighted by Crippen LogP contribution is -2.41. The SMILES string of the molecule is Cc1ccccc1OCC1CCN(CC(O)COc2cccc3[nH]c(-c4ccccc4C(=O)O)cc23)CC1. The van der Waals surface area contributed by atoms with Crippen LogP contribution in [0.1, 0.15) is 28.8 Å². The van der Waals surface area contributed by atoms with Crippen LogP contribution in [0.15, 0.2) is 72.8 Å². The lowest BCUT2D eigenvalue weighted by molar-refractivity contribution is 0.0507. The van der Waals surface area contributed by atoms with E-state index < -0.39 is 12.1 Å². The van der Waals surface area contributed by atoms with Gasteiger partial charge in [0.1, 0.15) is 24.2 Å². The van der Waals surface area contributed by atoms with Gasteiger partial charge < -0.3 is 29.6 Å². The third kappa shape index (κ3) is 6.01. The Hall–Kier alpha value is -3.81. The van der Waals surface area contributed by atoms with E-state index in [1.807, 2.05) is 48.5 Å². The van der Waals surface area contributed by atoms with E-state index in [2.05, 4.69) is 22.9 Å². The first-order valence-electron chi connectivity index (χ1n) is 13.1. The number of aryl methyl sites for hydroxylation is 1. The molecule has 7 heteroatoms. The number of likely N-dealkylation sites (tertiary alicyclic amines) is 1. The predicted octanol–water partition coefficient (Wildman–Crippen LogP) is 5.37. The highest BCUT2D eigenvalue weighted by Gasteiger charge is 2.22. The number of piperidine rings is 1. The minimum absolute atomic E-state index is 0.182. The Morgan fingerprint density at radius 1 is 1.00 bits per heavy atom. The summed E-state index contributed by atoms with van der Waals surface area (Å²) in [4.78, 5) is 17.3. The van der Waals surface area contributed by atoms with Gasteiger partial charge in [-0.25, -0.2) is 4.79 Å². The zero-order chi connectivity index (χ0) is 26.5. The van der Waals surface area contributed by atoms with Crippen LogP contribution in [0.25, 0.3) is 22.2 Å². The zero-order valence-electron chi connectivity index (χ0n) is 21.6. The molecule has 0 aliphatic carbocycles. The Balaban J connectivity index is 1.14. The summed E-state index contributed by atoms with van der Waals surface area (Å²) in [6, 6.07) is 22.6. The zero-order valence-corrected chi connectivity index (χ0v) is 21.6. The Kier molecular flexibility index (Phi) is 7.96. The van der Waals surface area contributed by atoms with Crippen LogP contribution in [0, 0.1) is 12.8 Å². The van der Waals surface area contributed by atoms with Crippen molar-refractivity contribution in [2.45, 2.75) is 25.9 Å². The second-order valence-electron chi connectivity index (χ2n) is 10.0. The first kappa shape index (κ1) is 25.8. The maximum Gasteiger partial charge on any atom is 0.336 e. The van der Waals surface area contributed by atoms with E-state index in [9.17, 15) is 15.0 Å². The monoisotopic (exact) mass is 514 g/mol. The molecule has 1 aliphatic rings. The number of nitrogens with zero attached hydrogens (tertiary/aromatic N) is 1. The van der Waals surface area contributed by atoms with Crippen LogP contribution in [0.3, 0.4) is 0 Å². The van der Waals surface area contributed by atoms with Gasteiger partial charge in [-0.2, -0.15) is 0 Å². The van der Waals surface area contributed by atoms with Gasteiger partial charge in [-0.05, 0) is 74.7 Å². The standard InChI is InChI=1S/C31H34N2O5/c1-21-7-2-5-11-29(21)37-19-22-13-15-33(16-14-22)18-23(34)20-38-30-12-6-10-27-26(30)17-28(32-27)24-8-3-4-9-25(24)31(35)36/h2-12,17,22-23,32,34H,13-16,18-20H2,1H3,(H,35,36). The molecule has 1 unspecified atom stereocenters. The molecule has 0 radical (unpaired) electrons. The Morgan fingerprint density at radius 2 is 1.74 bits per heavy atom. The fraction of sp³-hybridized carbons (Fsp3) is 0.323. The molecule has 0 saturated carbocycles. The number of carbonyl (C=O) groups is 1. The average Bonchev–Trinajstić information content (AvgIpc) is 3.37. The molecule has 4 aromatic rings. The van der Waals surface area contributed by atoms with Crippen LogP contribution in [-0.4, -0.2) is 65.0 Å². The molecule has 3 N–H and O–H groups in total. The van der Waals surface area contributed by atoms with Crippen molar-refractivity contribution < 1.29 is 24.5 Å². The summed E-state index contributed by atoms with van der Waals surface area (Å²) in [6.45, 7) is 5.39. The van der Waals surface area contributed by atoms with Gasteiger partial charge in [0, 0.05) is 28.7 Å². The number of H-pyrrole nitrogens is 1. The molecule has 7 nitrogen and oxygen atoms in total. The largest absolute Gasteiger partial charge is 0.493 e. The van der Waals surface area contributed by atoms with Crippen LogP contribution >= 0.6 is 0 Å². The minimum Gasteiger partial charge on any atom is -0.493 e. The van der Waals surface area contributed by atoms with E-state index >= 15 is 0 Å². The van der Waals surface area contributed by atoms with Gasteiger partial charge in [0.25, 0.3) is 0 Å². The van der Waals surface area contributed by atoms with E-state index in [-0.39, 0.29) is 12.2 Å². The van der Waals surface area contributed by atoms with Crippen molar-refractivity contribution in [2.75, 3.05) is 32.8 Å². The number of aliphatic hydroxyl groups is 1. The van der Waals surface area contributed by atoms with E-state index in [0.717, 1.165) is 54.8 Å². The number of hydrogen-bond acceptors (Lipinski definition) is 5. The second kappa shape index (κ2) is 11.7. The van der Waals surface area contributed by atoms with E-state index in [1.165, 1.54) is 0 Å². The third-order valence-electron chi connectivity index (χ3n) is 7.25. The van der Waals surface area contributed by atoms with Gasteiger partial charge in [0.15, 0.2) is 0 Å². The van der Waals surface area contributed by atoms with Crippen LogP contribution in [0.5, 0.6) is 11.5 Å². The Morgan fingerprint density at radius 3 is 2.53 bits per heavy atom. The molecule has 0 amide bonds.